The minimum absolute atomic E-state index is 0.156. The number of hydrogen-bond donors (Lipinski definition) is 2. The summed E-state index contributed by atoms with van der Waals surface area (Å²) in [6.07, 6.45) is 7.65. The average molecular weight is 504 g/mol. The molecule has 3 heterocycles. The number of benzene rings is 1. The number of fused-ring (bicyclic) bond motifs is 1. The highest BCUT2D eigenvalue weighted by molar-refractivity contribution is 6.36. The Morgan fingerprint density at radius 2 is 2.12 bits per heavy atom. The van der Waals surface area contributed by atoms with Crippen LogP contribution in [0.15, 0.2) is 41.5 Å². The molecule has 0 fully saturated rings. The van der Waals surface area contributed by atoms with Crippen molar-refractivity contribution in [2.45, 2.75) is 38.5 Å². The number of nitrogens with one attached hydrogen (secondary N) is 1. The second kappa shape index (κ2) is 9.89. The molecule has 8 nitrogen and oxygen atoms in total. The highest BCUT2D eigenvalue weighted by Crippen LogP contribution is 2.35. The van der Waals surface area contributed by atoms with Crippen molar-refractivity contribution >= 4 is 34.4 Å². The molecule has 2 N–H and O–H groups in total. The van der Waals surface area contributed by atoms with Crippen LogP contribution < -0.4 is 10.5 Å². The third-order valence-corrected chi connectivity index (χ3v) is 5.90. The number of terminal acetylenes is 1. The summed E-state index contributed by atoms with van der Waals surface area (Å²) in [6, 6.07) is 5.93. The van der Waals surface area contributed by atoms with Crippen LogP contribution in [0.4, 0.5) is 4.39 Å². The lowest BCUT2D eigenvalue weighted by Gasteiger charge is -2.20. The van der Waals surface area contributed by atoms with Gasteiger partial charge < -0.3 is 9.94 Å². The molecule has 2 atom stereocenters. The summed E-state index contributed by atoms with van der Waals surface area (Å²) in [7, 11) is 0. The molecule has 0 aliphatic rings. The fourth-order valence-electron chi connectivity index (χ4n) is 3.54. The van der Waals surface area contributed by atoms with Gasteiger partial charge >= 0.3 is 5.69 Å². The van der Waals surface area contributed by atoms with E-state index in [9.17, 15) is 14.3 Å². The molecule has 0 radical (unpaired) electrons. The third-order valence-electron chi connectivity index (χ3n) is 5.19. The number of aromatic nitrogens is 5. The Morgan fingerprint density at radius 1 is 1.32 bits per heavy atom. The number of pyridine rings is 1. The molecule has 3 aromatic heterocycles. The van der Waals surface area contributed by atoms with Crippen LogP contribution in [0.25, 0.3) is 22.4 Å². The monoisotopic (exact) mass is 503 g/mol. The van der Waals surface area contributed by atoms with E-state index in [-0.39, 0.29) is 34.2 Å². The van der Waals surface area contributed by atoms with Gasteiger partial charge in [0.15, 0.2) is 11.8 Å². The molecule has 11 heteroatoms. The summed E-state index contributed by atoms with van der Waals surface area (Å²) in [4.78, 5) is 25.7. The summed E-state index contributed by atoms with van der Waals surface area (Å²) >= 11 is 12.4. The second-order valence-electron chi connectivity index (χ2n) is 7.56. The Bertz CT molecular complexity index is 1440. The fourth-order valence-corrected chi connectivity index (χ4v) is 4.16. The van der Waals surface area contributed by atoms with Gasteiger partial charge in [-0.2, -0.15) is 5.10 Å². The summed E-state index contributed by atoms with van der Waals surface area (Å²) in [6.45, 7) is 2.05. The van der Waals surface area contributed by atoms with Crippen LogP contribution in [0.5, 0.6) is 0 Å². The largest absolute Gasteiger partial charge is 0.401 e. The van der Waals surface area contributed by atoms with E-state index in [1.807, 2.05) is 0 Å². The van der Waals surface area contributed by atoms with Gasteiger partial charge in [-0.15, -0.1) is 17.1 Å². The smallest absolute Gasteiger partial charge is 0.360 e. The molecule has 0 spiro atoms. The first-order valence-electron chi connectivity index (χ1n) is 10.4. The van der Waals surface area contributed by atoms with Gasteiger partial charge in [-0.1, -0.05) is 30.1 Å². The first kappa shape index (κ1) is 23.8. The molecule has 2 unspecified atom stereocenters. The predicted octanol–water partition coefficient (Wildman–Crippen LogP) is 4.00. The van der Waals surface area contributed by atoms with Crippen LogP contribution in [0.3, 0.4) is 0 Å². The second-order valence-corrected chi connectivity index (χ2v) is 8.35. The molecule has 4 aromatic rings. The quantitative estimate of drug-likeness (QED) is 0.279. The minimum atomic E-state index is -0.778. The Kier molecular flexibility index (Phi) is 6.93. The molecule has 176 valence electrons. The molecule has 4 rings (SSSR count). The van der Waals surface area contributed by atoms with Crippen LogP contribution in [0, 0.1) is 18.2 Å². The zero-order valence-electron chi connectivity index (χ0n) is 18.0. The van der Waals surface area contributed by atoms with Gasteiger partial charge in [0, 0.05) is 28.8 Å². The van der Waals surface area contributed by atoms with E-state index in [0.29, 0.717) is 23.2 Å². The van der Waals surface area contributed by atoms with Crippen molar-refractivity contribution in [2.24, 2.45) is 0 Å². The highest BCUT2D eigenvalue weighted by atomic mass is 35.5. The number of hydrogen-bond acceptors (Lipinski definition) is 5. The lowest BCUT2D eigenvalue weighted by Crippen LogP contribution is -2.27. The van der Waals surface area contributed by atoms with E-state index < -0.39 is 23.7 Å². The molecule has 34 heavy (non-hydrogen) atoms. The number of nitrogens with zero attached hydrogens (tertiary/aromatic N) is 4. The summed E-state index contributed by atoms with van der Waals surface area (Å²) < 4.78 is 16.6. The standard InChI is InChI=1S/C23H20Cl2FN5O3/c1-3-5-14(32)12-30-11-13(10-27-30)17-8-9-18-22(28-17)29-23(33)31(18)34-19(4-2)20-15(24)6-7-16(26)21(20)25/h1,6-11,14,19,32H,4-5,12H2,2H3,(H,28,29,33). The molecule has 0 aliphatic carbocycles. The van der Waals surface area contributed by atoms with Crippen LogP contribution in [0.1, 0.15) is 31.4 Å². The zero-order valence-corrected chi connectivity index (χ0v) is 19.5. The summed E-state index contributed by atoms with van der Waals surface area (Å²) in [5, 5.41) is 14.2. The van der Waals surface area contributed by atoms with Gasteiger partial charge in [0.05, 0.1) is 29.6 Å². The van der Waals surface area contributed by atoms with E-state index in [1.54, 1.807) is 36.1 Å². The van der Waals surface area contributed by atoms with E-state index in [2.05, 4.69) is 21.0 Å². The van der Waals surface area contributed by atoms with Gasteiger partial charge in [0.1, 0.15) is 11.3 Å². The van der Waals surface area contributed by atoms with Crippen LogP contribution >= 0.6 is 23.2 Å². The number of aliphatic hydroxyl groups is 1. The molecule has 0 aliphatic heterocycles. The highest BCUT2D eigenvalue weighted by Gasteiger charge is 2.23. The number of H-pyrrole nitrogens is 1. The molecule has 0 bridgehead atoms. The van der Waals surface area contributed by atoms with Crippen molar-refractivity contribution in [1.29, 1.82) is 0 Å². The fraction of sp³-hybridized carbons (Fsp3) is 0.261. The number of halogens is 3. The van der Waals surface area contributed by atoms with Crippen molar-refractivity contribution in [2.75, 3.05) is 0 Å². The molecular formula is C23H20Cl2FN5O3. The Hall–Kier alpha value is -3.32. The minimum Gasteiger partial charge on any atom is -0.401 e. The lowest BCUT2D eigenvalue weighted by atomic mass is 10.1. The van der Waals surface area contributed by atoms with Gasteiger partial charge in [-0.05, 0) is 30.7 Å². The Labute approximate surface area is 203 Å². The molecule has 0 saturated heterocycles. The number of aromatic amines is 1. The van der Waals surface area contributed by atoms with Crippen molar-refractivity contribution < 1.29 is 14.3 Å². The topological polar surface area (TPSA) is 98.0 Å². The van der Waals surface area contributed by atoms with E-state index in [0.717, 1.165) is 4.73 Å². The maximum absolute atomic E-state index is 14.0. The van der Waals surface area contributed by atoms with E-state index in [1.165, 1.54) is 12.1 Å². The molecule has 0 saturated carbocycles. The van der Waals surface area contributed by atoms with Crippen molar-refractivity contribution in [3.8, 4) is 23.6 Å². The van der Waals surface area contributed by atoms with Crippen LogP contribution in [0.2, 0.25) is 10.0 Å². The van der Waals surface area contributed by atoms with E-state index in [4.69, 9.17) is 34.5 Å². The van der Waals surface area contributed by atoms with E-state index >= 15 is 0 Å². The summed E-state index contributed by atoms with van der Waals surface area (Å²) in [5.41, 5.74) is 1.61. The maximum atomic E-state index is 14.0. The lowest BCUT2D eigenvalue weighted by molar-refractivity contribution is 0.0350. The van der Waals surface area contributed by atoms with Crippen LogP contribution in [-0.2, 0) is 6.54 Å². The first-order valence-corrected chi connectivity index (χ1v) is 11.1. The maximum Gasteiger partial charge on any atom is 0.360 e. The molecule has 1 aromatic carbocycles. The number of imidazole rings is 1. The number of aliphatic hydroxyl groups excluding tert-OH is 1. The average Bonchev–Trinajstić information content (AvgIpc) is 3.39. The summed E-state index contributed by atoms with van der Waals surface area (Å²) in [5.74, 6) is 1.77. The zero-order chi connectivity index (χ0) is 24.4. The normalized spacial score (nSPS) is 13.1. The van der Waals surface area contributed by atoms with Crippen LogP contribution in [-0.4, -0.2) is 35.7 Å². The molecule has 0 amide bonds. The van der Waals surface area contributed by atoms with Crippen molar-refractivity contribution in [3.05, 3.63) is 68.6 Å². The van der Waals surface area contributed by atoms with Gasteiger partial charge in [0.25, 0.3) is 0 Å². The van der Waals surface area contributed by atoms with Gasteiger partial charge in [-0.3, -0.25) is 9.67 Å². The Balaban J connectivity index is 1.64. The number of rotatable bonds is 8. The van der Waals surface area contributed by atoms with Crippen molar-refractivity contribution in [3.63, 3.8) is 0 Å². The molecular weight excluding hydrogens is 484 g/mol. The Morgan fingerprint density at radius 3 is 2.85 bits per heavy atom. The van der Waals surface area contributed by atoms with Gasteiger partial charge in [0.2, 0.25) is 0 Å². The van der Waals surface area contributed by atoms with Gasteiger partial charge in [-0.25, -0.2) is 14.2 Å². The SMILES string of the molecule is C#CCC(O)Cn1cc(-c2ccc3c(n2)[nH]c(=O)n3OC(CC)c2c(Cl)ccc(F)c2Cl)cn1. The third kappa shape index (κ3) is 4.66. The predicted molar refractivity (Wildman–Crippen MR) is 127 cm³/mol. The van der Waals surface area contributed by atoms with Crippen molar-refractivity contribution in [1.82, 2.24) is 24.5 Å². The first-order chi connectivity index (χ1) is 16.3.